The molecule has 1 amide bonds. The molecule has 0 aromatic rings. The van der Waals surface area contributed by atoms with Gasteiger partial charge >= 0.3 is 0 Å². The molecule has 2 fully saturated rings. The number of carbonyl (C=O) groups is 1. The Labute approximate surface area is 122 Å². The predicted molar refractivity (Wildman–Crippen MR) is 77.7 cm³/mol. The van der Waals surface area contributed by atoms with Crippen LogP contribution in [0, 0.1) is 0 Å². The first kappa shape index (κ1) is 15.7. The second kappa shape index (κ2) is 7.96. The molecule has 2 rings (SSSR count). The summed E-state index contributed by atoms with van der Waals surface area (Å²) >= 11 is 0. The third kappa shape index (κ3) is 4.72. The number of hydrogen-bond donors (Lipinski definition) is 1. The lowest BCUT2D eigenvalue weighted by Gasteiger charge is -2.40. The summed E-state index contributed by atoms with van der Waals surface area (Å²) in [6.45, 7) is 5.94. The zero-order valence-corrected chi connectivity index (χ0v) is 12.8. The van der Waals surface area contributed by atoms with E-state index in [1.165, 1.54) is 0 Å². The minimum Gasteiger partial charge on any atom is -0.383 e. The maximum Gasteiger partial charge on any atom is 0.219 e. The largest absolute Gasteiger partial charge is 0.383 e. The minimum atomic E-state index is 0.153. The first-order valence-corrected chi connectivity index (χ1v) is 7.87. The Morgan fingerprint density at radius 2 is 1.95 bits per heavy atom. The summed E-state index contributed by atoms with van der Waals surface area (Å²) in [6.07, 6.45) is 5.53. The van der Waals surface area contributed by atoms with E-state index >= 15 is 0 Å². The lowest BCUT2D eigenvalue weighted by atomic mass is 9.88. The molecule has 1 aliphatic carbocycles. The summed E-state index contributed by atoms with van der Waals surface area (Å²) in [5.74, 6) is 0.153. The van der Waals surface area contributed by atoms with Crippen LogP contribution in [0.25, 0.3) is 0 Å². The van der Waals surface area contributed by atoms with E-state index in [1.54, 1.807) is 7.11 Å². The maximum absolute atomic E-state index is 11.3. The molecular formula is C15H28N2O3. The smallest absolute Gasteiger partial charge is 0.219 e. The van der Waals surface area contributed by atoms with Crippen molar-refractivity contribution < 1.29 is 14.3 Å². The minimum absolute atomic E-state index is 0.153. The molecule has 0 bridgehead atoms. The van der Waals surface area contributed by atoms with Crippen molar-refractivity contribution in [1.29, 1.82) is 0 Å². The van der Waals surface area contributed by atoms with Gasteiger partial charge in [0.2, 0.25) is 5.91 Å². The molecule has 2 aliphatic rings. The Balaban J connectivity index is 1.55. The monoisotopic (exact) mass is 284 g/mol. The number of piperidine rings is 1. The Kier molecular flexibility index (Phi) is 6.26. The van der Waals surface area contributed by atoms with Crippen LogP contribution in [-0.2, 0) is 14.3 Å². The highest BCUT2D eigenvalue weighted by atomic mass is 16.5. The predicted octanol–water partition coefficient (Wildman–Crippen LogP) is 1.17. The molecule has 0 atom stereocenters. The lowest BCUT2D eigenvalue weighted by molar-refractivity contribution is -0.125. The Morgan fingerprint density at radius 3 is 2.55 bits per heavy atom. The molecule has 5 nitrogen and oxygen atoms in total. The normalized spacial score (nSPS) is 28.1. The quantitative estimate of drug-likeness (QED) is 0.762. The molecule has 0 radical (unpaired) electrons. The van der Waals surface area contributed by atoms with E-state index in [4.69, 9.17) is 9.47 Å². The second-order valence-electron chi connectivity index (χ2n) is 5.88. The van der Waals surface area contributed by atoms with Gasteiger partial charge in [0.25, 0.3) is 0 Å². The number of nitrogens with one attached hydrogen (secondary N) is 1. The van der Waals surface area contributed by atoms with Crippen molar-refractivity contribution in [2.24, 2.45) is 0 Å². The Hall–Kier alpha value is -0.650. The number of rotatable bonds is 7. The molecule has 1 N–H and O–H groups in total. The van der Waals surface area contributed by atoms with Crippen LogP contribution in [0.3, 0.4) is 0 Å². The van der Waals surface area contributed by atoms with Gasteiger partial charge in [-0.25, -0.2) is 0 Å². The molecule has 116 valence electrons. The fourth-order valence-electron chi connectivity index (χ4n) is 2.89. The fraction of sp³-hybridized carbons (Fsp3) is 0.933. The summed E-state index contributed by atoms with van der Waals surface area (Å²) in [7, 11) is 1.75. The molecule has 1 heterocycles. The third-order valence-electron chi connectivity index (χ3n) is 4.31. The molecule has 5 heteroatoms. The Morgan fingerprint density at radius 1 is 1.25 bits per heavy atom. The average molecular weight is 284 g/mol. The summed E-state index contributed by atoms with van der Waals surface area (Å²) in [5, 5.41) is 3.02. The van der Waals surface area contributed by atoms with Crippen molar-refractivity contribution >= 4 is 5.91 Å². The van der Waals surface area contributed by atoms with Crippen LogP contribution in [0.4, 0.5) is 0 Å². The van der Waals surface area contributed by atoms with Crippen LogP contribution in [0.2, 0.25) is 0 Å². The highest BCUT2D eigenvalue weighted by Crippen LogP contribution is 2.27. The van der Waals surface area contributed by atoms with Gasteiger partial charge < -0.3 is 19.7 Å². The van der Waals surface area contributed by atoms with Gasteiger partial charge in [-0.15, -0.1) is 0 Å². The molecule has 0 spiro atoms. The van der Waals surface area contributed by atoms with E-state index in [9.17, 15) is 4.79 Å². The number of ether oxygens (including phenoxy) is 2. The van der Waals surface area contributed by atoms with Gasteiger partial charge in [-0.05, 0) is 25.7 Å². The first-order valence-electron chi connectivity index (χ1n) is 7.87. The molecule has 1 aliphatic heterocycles. The number of likely N-dealkylation sites (tertiary alicyclic amines) is 1. The highest BCUT2D eigenvalue weighted by Gasteiger charge is 2.33. The molecule has 0 unspecified atom stereocenters. The average Bonchev–Trinajstić information content (AvgIpc) is 2.43. The first-order chi connectivity index (χ1) is 9.71. The van der Waals surface area contributed by atoms with Crippen molar-refractivity contribution in [3.8, 4) is 0 Å². The number of nitrogens with zero attached hydrogens (tertiary/aromatic N) is 1. The second-order valence-corrected chi connectivity index (χ2v) is 5.88. The van der Waals surface area contributed by atoms with Crippen molar-refractivity contribution in [3.05, 3.63) is 0 Å². The maximum atomic E-state index is 11.3. The number of amides is 1. The van der Waals surface area contributed by atoms with Gasteiger partial charge in [-0.3, -0.25) is 4.79 Å². The zero-order valence-electron chi connectivity index (χ0n) is 12.8. The van der Waals surface area contributed by atoms with E-state index in [1.807, 2.05) is 6.92 Å². The molecular weight excluding hydrogens is 256 g/mol. The van der Waals surface area contributed by atoms with Crippen molar-refractivity contribution in [2.45, 2.75) is 57.3 Å². The topological polar surface area (TPSA) is 50.8 Å². The molecule has 1 saturated carbocycles. The van der Waals surface area contributed by atoms with Crippen LogP contribution in [0.5, 0.6) is 0 Å². The van der Waals surface area contributed by atoms with Crippen LogP contribution in [-0.4, -0.2) is 62.4 Å². The van der Waals surface area contributed by atoms with Crippen LogP contribution >= 0.6 is 0 Å². The van der Waals surface area contributed by atoms with E-state index in [0.29, 0.717) is 24.7 Å². The van der Waals surface area contributed by atoms with Gasteiger partial charge in [0.15, 0.2) is 0 Å². The number of hydrogen-bond acceptors (Lipinski definition) is 4. The number of carbonyl (C=O) groups excluding carboxylic acids is 1. The Bertz CT molecular complexity index is 297. The van der Waals surface area contributed by atoms with Gasteiger partial charge in [-0.2, -0.15) is 0 Å². The van der Waals surface area contributed by atoms with Crippen LogP contribution in [0.1, 0.15) is 39.0 Å². The van der Waals surface area contributed by atoms with E-state index in [-0.39, 0.29) is 5.91 Å². The standard InChI is InChI=1S/C15H28N2O3/c1-3-15(18)16-12-10-14(11-12)20-13-4-6-17(7-5-13)8-9-19-2/h12-14H,3-11H2,1-2H3,(H,16,18). The van der Waals surface area contributed by atoms with Gasteiger partial charge in [-0.1, -0.05) is 6.92 Å². The fourth-order valence-corrected chi connectivity index (χ4v) is 2.89. The lowest BCUT2D eigenvalue weighted by Crippen LogP contribution is -2.49. The van der Waals surface area contributed by atoms with Crippen molar-refractivity contribution in [2.75, 3.05) is 33.4 Å². The molecule has 20 heavy (non-hydrogen) atoms. The van der Waals surface area contributed by atoms with Crippen molar-refractivity contribution in [1.82, 2.24) is 10.2 Å². The zero-order chi connectivity index (χ0) is 14.4. The van der Waals surface area contributed by atoms with Crippen LogP contribution < -0.4 is 5.32 Å². The summed E-state index contributed by atoms with van der Waals surface area (Å²) in [6, 6.07) is 0.342. The van der Waals surface area contributed by atoms with Gasteiger partial charge in [0, 0.05) is 39.2 Å². The van der Waals surface area contributed by atoms with E-state index in [2.05, 4.69) is 10.2 Å². The van der Waals surface area contributed by atoms with Crippen LogP contribution in [0.15, 0.2) is 0 Å². The summed E-state index contributed by atoms with van der Waals surface area (Å²) in [4.78, 5) is 13.7. The SMILES string of the molecule is CCC(=O)NC1CC(OC2CCN(CCOC)CC2)C1. The number of methoxy groups -OCH3 is 1. The van der Waals surface area contributed by atoms with E-state index in [0.717, 1.165) is 51.9 Å². The molecule has 1 saturated heterocycles. The summed E-state index contributed by atoms with van der Waals surface area (Å²) < 4.78 is 11.2. The van der Waals surface area contributed by atoms with Crippen molar-refractivity contribution in [3.63, 3.8) is 0 Å². The highest BCUT2D eigenvalue weighted by molar-refractivity contribution is 5.75. The van der Waals surface area contributed by atoms with Gasteiger partial charge in [0.05, 0.1) is 18.8 Å². The summed E-state index contributed by atoms with van der Waals surface area (Å²) in [5.41, 5.74) is 0. The molecule has 0 aromatic carbocycles. The third-order valence-corrected chi connectivity index (χ3v) is 4.31. The van der Waals surface area contributed by atoms with Gasteiger partial charge in [0.1, 0.15) is 0 Å². The molecule has 0 aromatic heterocycles. The van der Waals surface area contributed by atoms with E-state index < -0.39 is 0 Å².